The van der Waals surface area contributed by atoms with Crippen molar-refractivity contribution in [1.29, 1.82) is 5.26 Å². The maximum Gasteiger partial charge on any atom is 0.253 e. The summed E-state index contributed by atoms with van der Waals surface area (Å²) in [6.45, 7) is 6.12. The molecule has 1 N–H and O–H groups in total. The van der Waals surface area contributed by atoms with Gasteiger partial charge in [-0.3, -0.25) is 9.59 Å². The normalized spacial score (nSPS) is 10.3. The molecule has 2 aromatic rings. The van der Waals surface area contributed by atoms with E-state index >= 15 is 0 Å². The number of aryl methyl sites for hydroxylation is 1. The number of pyridine rings is 1. The molecule has 0 aliphatic carbocycles. The van der Waals surface area contributed by atoms with Crippen molar-refractivity contribution < 1.29 is 9.59 Å². The van der Waals surface area contributed by atoms with Crippen LogP contribution in [-0.4, -0.2) is 41.5 Å². The maximum absolute atomic E-state index is 12.2. The zero-order chi connectivity index (χ0) is 20.8. The molecule has 0 aliphatic heterocycles. The lowest BCUT2D eigenvalue weighted by Gasteiger charge is -2.12. The number of carbonyl (C=O) groups excluding carboxylic acids is 2. The van der Waals surface area contributed by atoms with Gasteiger partial charge >= 0.3 is 0 Å². The third-order valence-corrected chi connectivity index (χ3v) is 5.49. The summed E-state index contributed by atoms with van der Waals surface area (Å²) in [4.78, 5) is 30.1. The summed E-state index contributed by atoms with van der Waals surface area (Å²) in [5.74, 6) is -0.0163. The summed E-state index contributed by atoms with van der Waals surface area (Å²) in [6.07, 6.45) is 0. The van der Waals surface area contributed by atoms with E-state index in [4.69, 9.17) is 0 Å². The first-order valence-corrected chi connectivity index (χ1v) is 9.81. The van der Waals surface area contributed by atoms with Gasteiger partial charge in [0.2, 0.25) is 5.91 Å². The van der Waals surface area contributed by atoms with Gasteiger partial charge in [0, 0.05) is 31.9 Å². The van der Waals surface area contributed by atoms with E-state index in [9.17, 15) is 14.9 Å². The number of hydrogen-bond acceptors (Lipinski definition) is 5. The first kappa shape index (κ1) is 21.5. The molecule has 0 radical (unpaired) electrons. The molecule has 0 spiro atoms. The topological polar surface area (TPSA) is 86.1 Å². The molecule has 1 aromatic heterocycles. The monoisotopic (exact) mass is 396 g/mol. The molecule has 2 rings (SSSR count). The van der Waals surface area contributed by atoms with E-state index in [0.717, 1.165) is 22.4 Å². The van der Waals surface area contributed by atoms with Crippen molar-refractivity contribution in [3.05, 3.63) is 57.8 Å². The van der Waals surface area contributed by atoms with Crippen molar-refractivity contribution in [2.75, 3.05) is 19.8 Å². The fourth-order valence-electron chi connectivity index (χ4n) is 2.56. The Hall–Kier alpha value is -2.85. The van der Waals surface area contributed by atoms with Crippen LogP contribution >= 0.6 is 11.8 Å². The van der Waals surface area contributed by atoms with E-state index in [2.05, 4.69) is 16.4 Å². The standard InChI is InChI=1S/C21H24N4O2S/c1-13-14(2)18(10-22)20(24-15(13)3)28-12-19(26)23-11-16-6-8-17(9-7-16)21(27)25(4)5/h6-9H,11-12H2,1-5H3,(H,23,26). The highest BCUT2D eigenvalue weighted by Gasteiger charge is 2.14. The van der Waals surface area contributed by atoms with Gasteiger partial charge < -0.3 is 10.2 Å². The molecule has 0 unspecified atom stereocenters. The minimum Gasteiger partial charge on any atom is -0.351 e. The van der Waals surface area contributed by atoms with Crippen molar-refractivity contribution in [3.63, 3.8) is 0 Å². The third kappa shape index (κ3) is 5.11. The van der Waals surface area contributed by atoms with E-state index in [1.54, 1.807) is 26.2 Å². The van der Waals surface area contributed by atoms with Gasteiger partial charge in [-0.1, -0.05) is 23.9 Å². The fraction of sp³-hybridized carbons (Fsp3) is 0.333. The Bertz CT molecular complexity index is 931. The second-order valence-corrected chi connectivity index (χ2v) is 7.67. The number of benzene rings is 1. The summed E-state index contributed by atoms with van der Waals surface area (Å²) in [6, 6.07) is 9.34. The Morgan fingerprint density at radius 3 is 2.36 bits per heavy atom. The van der Waals surface area contributed by atoms with E-state index < -0.39 is 0 Å². The highest BCUT2D eigenvalue weighted by atomic mass is 32.2. The average molecular weight is 397 g/mol. The lowest BCUT2D eigenvalue weighted by Crippen LogP contribution is -2.25. The van der Waals surface area contributed by atoms with Crippen LogP contribution in [0.1, 0.15) is 38.3 Å². The number of aromatic nitrogens is 1. The summed E-state index contributed by atoms with van der Waals surface area (Å²) in [5.41, 5.74) is 4.82. The number of rotatable bonds is 6. The number of nitrogens with one attached hydrogen (secondary N) is 1. The van der Waals surface area contributed by atoms with E-state index in [-0.39, 0.29) is 17.6 Å². The molecule has 1 aromatic carbocycles. The number of nitriles is 1. The Labute approximate surface area is 170 Å². The summed E-state index contributed by atoms with van der Waals surface area (Å²) in [7, 11) is 3.41. The predicted octanol–water partition coefficient (Wildman–Crippen LogP) is 2.99. The Morgan fingerprint density at radius 1 is 1.14 bits per heavy atom. The second-order valence-electron chi connectivity index (χ2n) is 6.70. The van der Waals surface area contributed by atoms with Gasteiger partial charge in [-0.15, -0.1) is 0 Å². The molecular weight excluding hydrogens is 372 g/mol. The Morgan fingerprint density at radius 2 is 1.79 bits per heavy atom. The first-order valence-electron chi connectivity index (χ1n) is 8.82. The lowest BCUT2D eigenvalue weighted by atomic mass is 10.1. The predicted molar refractivity (Wildman–Crippen MR) is 110 cm³/mol. The largest absolute Gasteiger partial charge is 0.351 e. The molecule has 7 heteroatoms. The third-order valence-electron chi connectivity index (χ3n) is 4.51. The van der Waals surface area contributed by atoms with Crippen LogP contribution in [-0.2, 0) is 11.3 Å². The van der Waals surface area contributed by atoms with Crippen LogP contribution in [0.2, 0.25) is 0 Å². The number of nitrogens with zero attached hydrogens (tertiary/aromatic N) is 3. The van der Waals surface area contributed by atoms with E-state index in [1.165, 1.54) is 16.7 Å². The molecule has 0 saturated heterocycles. The van der Waals surface area contributed by atoms with Crippen molar-refractivity contribution in [3.8, 4) is 6.07 Å². The van der Waals surface area contributed by atoms with E-state index in [0.29, 0.717) is 22.7 Å². The molecule has 28 heavy (non-hydrogen) atoms. The van der Waals surface area contributed by atoms with Crippen LogP contribution in [0.3, 0.4) is 0 Å². The van der Waals surface area contributed by atoms with Crippen molar-refractivity contribution in [2.24, 2.45) is 0 Å². The van der Waals surface area contributed by atoms with Crippen LogP contribution in [0.5, 0.6) is 0 Å². The van der Waals surface area contributed by atoms with Crippen molar-refractivity contribution in [2.45, 2.75) is 32.3 Å². The second kappa shape index (κ2) is 9.38. The maximum atomic E-state index is 12.2. The van der Waals surface area contributed by atoms with Crippen LogP contribution in [0.4, 0.5) is 0 Å². The van der Waals surface area contributed by atoms with Crippen LogP contribution in [0, 0.1) is 32.1 Å². The molecule has 0 aliphatic rings. The van der Waals surface area contributed by atoms with Crippen molar-refractivity contribution in [1.82, 2.24) is 15.2 Å². The highest BCUT2D eigenvalue weighted by molar-refractivity contribution is 8.00. The summed E-state index contributed by atoms with van der Waals surface area (Å²) >= 11 is 1.27. The Balaban J connectivity index is 1.94. The van der Waals surface area contributed by atoms with Gasteiger partial charge in [-0.25, -0.2) is 4.98 Å². The van der Waals surface area contributed by atoms with E-state index in [1.807, 2.05) is 32.9 Å². The summed E-state index contributed by atoms with van der Waals surface area (Å²) in [5, 5.41) is 12.8. The van der Waals surface area contributed by atoms with Crippen LogP contribution in [0.25, 0.3) is 0 Å². The molecule has 0 fully saturated rings. The number of amides is 2. The highest BCUT2D eigenvalue weighted by Crippen LogP contribution is 2.26. The zero-order valence-electron chi connectivity index (χ0n) is 16.8. The zero-order valence-corrected chi connectivity index (χ0v) is 17.6. The first-order chi connectivity index (χ1) is 13.2. The minimum atomic E-state index is -0.139. The fourth-order valence-corrected chi connectivity index (χ4v) is 3.47. The van der Waals surface area contributed by atoms with Crippen molar-refractivity contribution >= 4 is 23.6 Å². The van der Waals surface area contributed by atoms with Gasteiger partial charge in [-0.2, -0.15) is 5.26 Å². The SMILES string of the molecule is Cc1nc(SCC(=O)NCc2ccc(C(=O)N(C)C)cc2)c(C#N)c(C)c1C. The molecular formula is C21H24N4O2S. The minimum absolute atomic E-state index is 0.0588. The quantitative estimate of drug-likeness (QED) is 0.759. The van der Waals surface area contributed by atoms with Gasteiger partial charge in [0.25, 0.3) is 5.91 Å². The molecule has 0 bridgehead atoms. The number of thioether (sulfide) groups is 1. The molecule has 1 heterocycles. The lowest BCUT2D eigenvalue weighted by molar-refractivity contribution is -0.118. The molecule has 6 nitrogen and oxygen atoms in total. The average Bonchev–Trinajstić information content (AvgIpc) is 2.68. The van der Waals surface area contributed by atoms with Gasteiger partial charge in [-0.05, 0) is 49.6 Å². The van der Waals surface area contributed by atoms with Crippen LogP contribution in [0.15, 0.2) is 29.3 Å². The molecule has 0 saturated carbocycles. The Kier molecular flexibility index (Phi) is 7.18. The molecule has 2 amide bonds. The smallest absolute Gasteiger partial charge is 0.253 e. The number of carbonyl (C=O) groups is 2. The summed E-state index contributed by atoms with van der Waals surface area (Å²) < 4.78 is 0. The van der Waals surface area contributed by atoms with Gasteiger partial charge in [0.05, 0.1) is 11.3 Å². The number of hydrogen-bond donors (Lipinski definition) is 1. The van der Waals surface area contributed by atoms with Gasteiger partial charge in [0.1, 0.15) is 11.1 Å². The van der Waals surface area contributed by atoms with Crippen LogP contribution < -0.4 is 5.32 Å². The van der Waals surface area contributed by atoms with Gasteiger partial charge in [0.15, 0.2) is 0 Å². The molecule has 0 atom stereocenters. The molecule has 146 valence electrons.